The summed E-state index contributed by atoms with van der Waals surface area (Å²) in [5, 5.41) is 12.5. The Labute approximate surface area is 86.6 Å². The number of nitriles is 1. The maximum Gasteiger partial charge on any atom is 0.255 e. The molecule has 0 spiro atoms. The van der Waals surface area contributed by atoms with E-state index in [0.29, 0.717) is 12.1 Å². The molecule has 1 aliphatic heterocycles. The lowest BCUT2D eigenvalue weighted by Crippen LogP contribution is -2.34. The Hall–Kier alpha value is -1.34. The van der Waals surface area contributed by atoms with Crippen LogP contribution < -0.4 is 0 Å². The van der Waals surface area contributed by atoms with Crippen molar-refractivity contribution >= 4 is 17.2 Å². The third kappa shape index (κ3) is 1.51. The second-order valence-electron chi connectivity index (χ2n) is 3.30. The van der Waals surface area contributed by atoms with Gasteiger partial charge in [-0.1, -0.05) is 0 Å². The van der Waals surface area contributed by atoms with Gasteiger partial charge in [0.1, 0.15) is 6.04 Å². The first kappa shape index (κ1) is 9.22. The van der Waals surface area contributed by atoms with Gasteiger partial charge in [-0.25, -0.2) is 0 Å². The van der Waals surface area contributed by atoms with Crippen molar-refractivity contribution in [2.24, 2.45) is 0 Å². The van der Waals surface area contributed by atoms with Crippen molar-refractivity contribution in [3.8, 4) is 6.07 Å². The van der Waals surface area contributed by atoms with E-state index in [2.05, 4.69) is 6.07 Å². The number of nitrogens with zero attached hydrogens (tertiary/aromatic N) is 2. The van der Waals surface area contributed by atoms with Crippen molar-refractivity contribution in [2.75, 3.05) is 6.54 Å². The van der Waals surface area contributed by atoms with Gasteiger partial charge in [-0.15, -0.1) is 0 Å². The number of hydrogen-bond donors (Lipinski definition) is 0. The molecule has 0 bridgehead atoms. The van der Waals surface area contributed by atoms with Crippen molar-refractivity contribution < 1.29 is 4.79 Å². The molecule has 0 saturated carbocycles. The van der Waals surface area contributed by atoms with Gasteiger partial charge in [0.15, 0.2) is 0 Å². The predicted molar refractivity (Wildman–Crippen MR) is 54.0 cm³/mol. The van der Waals surface area contributed by atoms with Crippen LogP contribution >= 0.6 is 11.3 Å². The molecule has 1 fully saturated rings. The van der Waals surface area contributed by atoms with Gasteiger partial charge in [0, 0.05) is 11.9 Å². The first-order valence-electron chi connectivity index (χ1n) is 4.55. The fourth-order valence-electron chi connectivity index (χ4n) is 1.70. The first-order valence-corrected chi connectivity index (χ1v) is 5.50. The van der Waals surface area contributed by atoms with Crippen LogP contribution in [-0.2, 0) is 0 Å². The van der Waals surface area contributed by atoms with Gasteiger partial charge < -0.3 is 4.90 Å². The number of carbonyl (C=O) groups excluding carboxylic acids is 1. The van der Waals surface area contributed by atoms with Gasteiger partial charge in [-0.3, -0.25) is 4.79 Å². The van der Waals surface area contributed by atoms with Gasteiger partial charge in [-0.2, -0.15) is 16.6 Å². The molecule has 0 radical (unpaired) electrons. The third-order valence-electron chi connectivity index (χ3n) is 2.43. The molecule has 3 nitrogen and oxygen atoms in total. The summed E-state index contributed by atoms with van der Waals surface area (Å²) in [6, 6.07) is 3.75. The molecular weight excluding hydrogens is 196 g/mol. The molecule has 1 aliphatic rings. The third-order valence-corrected chi connectivity index (χ3v) is 3.11. The Morgan fingerprint density at radius 3 is 3.21 bits per heavy atom. The highest BCUT2D eigenvalue weighted by Gasteiger charge is 2.29. The number of hydrogen-bond acceptors (Lipinski definition) is 3. The quantitative estimate of drug-likeness (QED) is 0.704. The summed E-state index contributed by atoms with van der Waals surface area (Å²) in [6.07, 6.45) is 1.75. The van der Waals surface area contributed by atoms with Crippen LogP contribution in [0.1, 0.15) is 23.2 Å². The fourth-order valence-corrected chi connectivity index (χ4v) is 2.33. The van der Waals surface area contributed by atoms with E-state index in [4.69, 9.17) is 5.26 Å². The van der Waals surface area contributed by atoms with Gasteiger partial charge >= 0.3 is 0 Å². The van der Waals surface area contributed by atoms with E-state index in [9.17, 15) is 4.79 Å². The SMILES string of the molecule is N#CC1CCCN1C(=O)c1ccsc1. The zero-order valence-electron chi connectivity index (χ0n) is 7.64. The van der Waals surface area contributed by atoms with Crippen molar-refractivity contribution in [2.45, 2.75) is 18.9 Å². The highest BCUT2D eigenvalue weighted by molar-refractivity contribution is 7.08. The van der Waals surface area contributed by atoms with Crippen LogP contribution in [0.15, 0.2) is 16.8 Å². The molecule has 4 heteroatoms. The highest BCUT2D eigenvalue weighted by atomic mass is 32.1. The normalized spacial score (nSPS) is 20.8. The Morgan fingerprint density at radius 2 is 2.57 bits per heavy atom. The number of thiophene rings is 1. The van der Waals surface area contributed by atoms with Gasteiger partial charge in [-0.05, 0) is 24.3 Å². The molecule has 1 saturated heterocycles. The van der Waals surface area contributed by atoms with E-state index in [1.165, 1.54) is 11.3 Å². The Kier molecular flexibility index (Phi) is 2.51. The summed E-state index contributed by atoms with van der Waals surface area (Å²) in [5.74, 6) is -0.00435. The maximum absolute atomic E-state index is 11.9. The number of rotatable bonds is 1. The van der Waals surface area contributed by atoms with Crippen LogP contribution in [0.5, 0.6) is 0 Å². The second kappa shape index (κ2) is 3.81. The first-order chi connectivity index (χ1) is 6.83. The van der Waals surface area contributed by atoms with Crippen molar-refractivity contribution in [3.05, 3.63) is 22.4 Å². The lowest BCUT2D eigenvalue weighted by atomic mass is 10.2. The van der Waals surface area contributed by atoms with E-state index in [0.717, 1.165) is 12.8 Å². The highest BCUT2D eigenvalue weighted by Crippen LogP contribution is 2.20. The number of likely N-dealkylation sites (tertiary alicyclic amines) is 1. The summed E-state index contributed by atoms with van der Waals surface area (Å²) in [4.78, 5) is 13.5. The standard InChI is InChI=1S/C10H10N2OS/c11-6-9-2-1-4-12(9)10(13)8-3-5-14-7-8/h3,5,7,9H,1-2,4H2. The summed E-state index contributed by atoms with van der Waals surface area (Å²) in [7, 11) is 0. The molecule has 72 valence electrons. The van der Waals surface area contributed by atoms with Crippen LogP contribution in [0, 0.1) is 11.3 Å². The fraction of sp³-hybridized carbons (Fsp3) is 0.400. The van der Waals surface area contributed by atoms with Crippen molar-refractivity contribution in [3.63, 3.8) is 0 Å². The van der Waals surface area contributed by atoms with E-state index in [-0.39, 0.29) is 11.9 Å². The molecule has 1 aromatic rings. The lowest BCUT2D eigenvalue weighted by Gasteiger charge is -2.18. The van der Waals surface area contributed by atoms with Crippen LogP contribution in [0.4, 0.5) is 0 Å². The molecule has 1 amide bonds. The summed E-state index contributed by atoms with van der Waals surface area (Å²) in [6.45, 7) is 0.715. The Bertz CT molecular complexity index is 366. The zero-order chi connectivity index (χ0) is 9.97. The maximum atomic E-state index is 11.9. The Balaban J connectivity index is 2.16. The molecule has 0 aromatic carbocycles. The largest absolute Gasteiger partial charge is 0.323 e. The van der Waals surface area contributed by atoms with Gasteiger partial charge in [0.2, 0.25) is 0 Å². The molecule has 0 aliphatic carbocycles. The minimum atomic E-state index is -0.220. The van der Waals surface area contributed by atoms with E-state index in [1.54, 1.807) is 11.0 Å². The average molecular weight is 206 g/mol. The molecule has 14 heavy (non-hydrogen) atoms. The van der Waals surface area contributed by atoms with Gasteiger partial charge in [0.25, 0.3) is 5.91 Å². The van der Waals surface area contributed by atoms with Crippen molar-refractivity contribution in [1.29, 1.82) is 5.26 Å². The van der Waals surface area contributed by atoms with Crippen LogP contribution in [0.25, 0.3) is 0 Å². The molecule has 2 heterocycles. The second-order valence-corrected chi connectivity index (χ2v) is 4.08. The van der Waals surface area contributed by atoms with Crippen LogP contribution in [-0.4, -0.2) is 23.4 Å². The van der Waals surface area contributed by atoms with Crippen molar-refractivity contribution in [1.82, 2.24) is 4.90 Å². The number of carbonyl (C=O) groups is 1. The molecule has 2 rings (SSSR count). The minimum Gasteiger partial charge on any atom is -0.323 e. The summed E-state index contributed by atoms with van der Waals surface area (Å²) in [5.41, 5.74) is 0.706. The van der Waals surface area contributed by atoms with Crippen LogP contribution in [0.3, 0.4) is 0 Å². The molecule has 0 N–H and O–H groups in total. The molecule has 1 aromatic heterocycles. The minimum absolute atomic E-state index is 0.00435. The predicted octanol–water partition coefficient (Wildman–Crippen LogP) is 1.88. The molecular formula is C10H10N2OS. The summed E-state index contributed by atoms with van der Waals surface area (Å²) >= 11 is 1.51. The molecule has 1 unspecified atom stereocenters. The number of amides is 1. The smallest absolute Gasteiger partial charge is 0.255 e. The summed E-state index contributed by atoms with van der Waals surface area (Å²) < 4.78 is 0. The monoisotopic (exact) mass is 206 g/mol. The van der Waals surface area contributed by atoms with E-state index >= 15 is 0 Å². The average Bonchev–Trinajstić information content (AvgIpc) is 2.87. The lowest BCUT2D eigenvalue weighted by molar-refractivity contribution is 0.0765. The molecule has 1 atom stereocenters. The van der Waals surface area contributed by atoms with E-state index in [1.807, 2.05) is 10.8 Å². The van der Waals surface area contributed by atoms with Crippen LogP contribution in [0.2, 0.25) is 0 Å². The topological polar surface area (TPSA) is 44.1 Å². The zero-order valence-corrected chi connectivity index (χ0v) is 8.46. The Morgan fingerprint density at radius 1 is 1.71 bits per heavy atom. The van der Waals surface area contributed by atoms with Gasteiger partial charge in [0.05, 0.1) is 11.6 Å². The van der Waals surface area contributed by atoms with E-state index < -0.39 is 0 Å².